The molecule has 0 bridgehead atoms. The van der Waals surface area contributed by atoms with E-state index in [-0.39, 0.29) is 17.4 Å². The highest BCUT2D eigenvalue weighted by Gasteiger charge is 2.19. The summed E-state index contributed by atoms with van der Waals surface area (Å²) < 4.78 is 5.94. The molecule has 2 N–H and O–H groups in total. The fourth-order valence-corrected chi connectivity index (χ4v) is 4.93. The lowest BCUT2D eigenvalue weighted by atomic mass is 9.90. The molecule has 1 aliphatic rings. The Bertz CT molecular complexity index is 1350. The van der Waals surface area contributed by atoms with Gasteiger partial charge < -0.3 is 19.8 Å². The van der Waals surface area contributed by atoms with Gasteiger partial charge in [-0.3, -0.25) is 4.79 Å². The number of aromatic hydroxyl groups is 2. The van der Waals surface area contributed by atoms with Crippen LogP contribution in [0.4, 0.5) is 0 Å². The Balaban J connectivity index is 1.28. The molecule has 36 heavy (non-hydrogen) atoms. The number of phenols is 2. The van der Waals surface area contributed by atoms with Gasteiger partial charge in [0.2, 0.25) is 5.91 Å². The van der Waals surface area contributed by atoms with Crippen molar-refractivity contribution < 1.29 is 19.7 Å². The Morgan fingerprint density at radius 1 is 0.833 bits per heavy atom. The van der Waals surface area contributed by atoms with Gasteiger partial charge in [-0.05, 0) is 95.1 Å². The number of benzene rings is 4. The van der Waals surface area contributed by atoms with Gasteiger partial charge in [-0.2, -0.15) is 0 Å². The summed E-state index contributed by atoms with van der Waals surface area (Å²) in [5, 5.41) is 21.8. The standard InChI is InChI=1S/C31H31NO4/c33-25-10-7-23(8-11-25)28-15-9-24-21-26(34)12-16-29(24)30(28)20-22-5-13-27(14-6-22)36-19-2-1-17-32-18-3-4-31(32)35/h5-16,21,33-34H,1-4,17-20H2. The maximum atomic E-state index is 11.7. The van der Waals surface area contributed by atoms with E-state index in [0.717, 1.165) is 72.0 Å². The molecule has 0 unspecified atom stereocenters. The van der Waals surface area contributed by atoms with E-state index in [1.807, 2.05) is 41.3 Å². The fraction of sp³-hybridized carbons (Fsp3) is 0.258. The largest absolute Gasteiger partial charge is 0.508 e. The van der Waals surface area contributed by atoms with Crippen molar-refractivity contribution in [3.05, 3.63) is 90.0 Å². The number of likely N-dealkylation sites (tertiary alicyclic amines) is 1. The van der Waals surface area contributed by atoms with Crippen molar-refractivity contribution in [1.29, 1.82) is 0 Å². The predicted molar refractivity (Wildman–Crippen MR) is 143 cm³/mol. The Morgan fingerprint density at radius 2 is 1.61 bits per heavy atom. The topological polar surface area (TPSA) is 70.0 Å². The summed E-state index contributed by atoms with van der Waals surface area (Å²) in [6.45, 7) is 2.36. The fourth-order valence-electron chi connectivity index (χ4n) is 4.93. The van der Waals surface area contributed by atoms with Crippen LogP contribution in [0, 0.1) is 0 Å². The molecule has 0 saturated carbocycles. The van der Waals surface area contributed by atoms with E-state index in [9.17, 15) is 15.0 Å². The summed E-state index contributed by atoms with van der Waals surface area (Å²) in [4.78, 5) is 13.7. The van der Waals surface area contributed by atoms with Crippen molar-refractivity contribution in [1.82, 2.24) is 4.90 Å². The molecule has 0 atom stereocenters. The zero-order valence-corrected chi connectivity index (χ0v) is 20.3. The number of unbranched alkanes of at least 4 members (excludes halogenated alkanes) is 1. The van der Waals surface area contributed by atoms with E-state index in [2.05, 4.69) is 18.2 Å². The van der Waals surface area contributed by atoms with Crippen molar-refractivity contribution >= 4 is 16.7 Å². The van der Waals surface area contributed by atoms with Crippen LogP contribution in [0.5, 0.6) is 17.2 Å². The van der Waals surface area contributed by atoms with Crippen molar-refractivity contribution in [2.24, 2.45) is 0 Å². The molecule has 5 nitrogen and oxygen atoms in total. The number of fused-ring (bicyclic) bond motifs is 1. The molecule has 4 aromatic carbocycles. The molecule has 5 rings (SSSR count). The molecule has 184 valence electrons. The van der Waals surface area contributed by atoms with Crippen molar-refractivity contribution in [3.8, 4) is 28.4 Å². The van der Waals surface area contributed by atoms with Gasteiger partial charge in [0.25, 0.3) is 0 Å². The quantitative estimate of drug-likeness (QED) is 0.276. The highest BCUT2D eigenvalue weighted by atomic mass is 16.5. The minimum atomic E-state index is 0.242. The van der Waals surface area contributed by atoms with Gasteiger partial charge in [-0.1, -0.05) is 42.5 Å². The summed E-state index contributed by atoms with van der Waals surface area (Å²) >= 11 is 0. The van der Waals surface area contributed by atoms with Crippen LogP contribution in [-0.4, -0.2) is 40.7 Å². The number of hydrogen-bond acceptors (Lipinski definition) is 4. The molecule has 1 amide bonds. The summed E-state index contributed by atoms with van der Waals surface area (Å²) in [7, 11) is 0. The van der Waals surface area contributed by atoms with Crippen LogP contribution in [-0.2, 0) is 11.2 Å². The third-order valence-electron chi connectivity index (χ3n) is 6.86. The highest BCUT2D eigenvalue weighted by molar-refractivity contribution is 5.93. The van der Waals surface area contributed by atoms with Gasteiger partial charge >= 0.3 is 0 Å². The Morgan fingerprint density at radius 3 is 2.36 bits per heavy atom. The summed E-state index contributed by atoms with van der Waals surface area (Å²) in [5.74, 6) is 1.62. The number of hydrogen-bond donors (Lipinski definition) is 2. The molecule has 1 heterocycles. The SMILES string of the molecule is O=C1CCCN1CCCCOc1ccc(Cc2c(-c3ccc(O)cc3)ccc3cc(O)ccc23)cc1. The minimum absolute atomic E-state index is 0.242. The molecule has 5 heteroatoms. The Hall–Kier alpha value is -3.99. The second kappa shape index (κ2) is 10.7. The average Bonchev–Trinajstić information content (AvgIpc) is 3.30. The van der Waals surface area contributed by atoms with Crippen LogP contribution in [0.15, 0.2) is 78.9 Å². The third-order valence-corrected chi connectivity index (χ3v) is 6.86. The number of nitrogens with zero attached hydrogens (tertiary/aromatic N) is 1. The monoisotopic (exact) mass is 481 g/mol. The van der Waals surface area contributed by atoms with Gasteiger partial charge in [0.05, 0.1) is 6.61 Å². The van der Waals surface area contributed by atoms with Crippen molar-refractivity contribution in [3.63, 3.8) is 0 Å². The summed E-state index contributed by atoms with van der Waals surface area (Å²) in [6.07, 6.45) is 4.28. The van der Waals surface area contributed by atoms with Crippen LogP contribution in [0.25, 0.3) is 21.9 Å². The maximum Gasteiger partial charge on any atom is 0.222 e. The molecule has 0 aromatic heterocycles. The van der Waals surface area contributed by atoms with E-state index in [1.54, 1.807) is 24.3 Å². The molecular formula is C31H31NO4. The van der Waals surface area contributed by atoms with Crippen LogP contribution >= 0.6 is 0 Å². The smallest absolute Gasteiger partial charge is 0.222 e. The molecule has 1 aliphatic heterocycles. The number of carbonyl (C=O) groups excluding carboxylic acids is 1. The molecule has 1 fully saturated rings. The maximum absolute atomic E-state index is 11.7. The Kier molecular flexibility index (Phi) is 7.08. The van der Waals surface area contributed by atoms with Gasteiger partial charge in [0, 0.05) is 19.5 Å². The lowest BCUT2D eigenvalue weighted by molar-refractivity contribution is -0.127. The normalized spacial score (nSPS) is 13.4. The molecule has 0 spiro atoms. The van der Waals surface area contributed by atoms with E-state index in [0.29, 0.717) is 13.0 Å². The van der Waals surface area contributed by atoms with E-state index in [1.165, 1.54) is 5.56 Å². The molecule has 1 saturated heterocycles. The molecule has 4 aromatic rings. The number of carbonyl (C=O) groups is 1. The lowest BCUT2D eigenvalue weighted by Crippen LogP contribution is -2.25. The molecule has 0 radical (unpaired) electrons. The predicted octanol–water partition coefficient (Wildman–Crippen LogP) is 6.29. The summed E-state index contributed by atoms with van der Waals surface area (Å²) in [5.41, 5.74) is 4.47. The first-order chi connectivity index (χ1) is 17.6. The Labute approximate surface area is 211 Å². The van der Waals surface area contributed by atoms with Gasteiger partial charge in [-0.25, -0.2) is 0 Å². The van der Waals surface area contributed by atoms with E-state index in [4.69, 9.17) is 4.74 Å². The summed E-state index contributed by atoms with van der Waals surface area (Å²) in [6, 6.07) is 25.1. The average molecular weight is 482 g/mol. The first-order valence-corrected chi connectivity index (χ1v) is 12.6. The van der Waals surface area contributed by atoms with Gasteiger partial charge in [0.1, 0.15) is 17.2 Å². The number of rotatable bonds is 9. The van der Waals surface area contributed by atoms with E-state index >= 15 is 0 Å². The van der Waals surface area contributed by atoms with Crippen molar-refractivity contribution in [2.75, 3.05) is 19.7 Å². The van der Waals surface area contributed by atoms with E-state index < -0.39 is 0 Å². The first-order valence-electron chi connectivity index (χ1n) is 12.6. The second-order valence-corrected chi connectivity index (χ2v) is 9.40. The number of ether oxygens (including phenoxy) is 1. The zero-order valence-electron chi connectivity index (χ0n) is 20.3. The van der Waals surface area contributed by atoms with Crippen LogP contribution in [0.3, 0.4) is 0 Å². The van der Waals surface area contributed by atoms with Gasteiger partial charge in [-0.15, -0.1) is 0 Å². The second-order valence-electron chi connectivity index (χ2n) is 9.40. The number of phenolic OH excluding ortho intramolecular Hbond substituents is 2. The number of amides is 1. The highest BCUT2D eigenvalue weighted by Crippen LogP contribution is 2.34. The minimum Gasteiger partial charge on any atom is -0.508 e. The molecule has 0 aliphatic carbocycles. The molecular weight excluding hydrogens is 450 g/mol. The van der Waals surface area contributed by atoms with Crippen LogP contribution < -0.4 is 4.74 Å². The van der Waals surface area contributed by atoms with Crippen LogP contribution in [0.2, 0.25) is 0 Å². The zero-order chi connectivity index (χ0) is 24.9. The van der Waals surface area contributed by atoms with Crippen LogP contribution in [0.1, 0.15) is 36.8 Å². The first kappa shape index (κ1) is 23.7. The lowest BCUT2D eigenvalue weighted by Gasteiger charge is -2.15. The van der Waals surface area contributed by atoms with Crippen molar-refractivity contribution in [2.45, 2.75) is 32.1 Å². The van der Waals surface area contributed by atoms with Gasteiger partial charge in [0.15, 0.2) is 0 Å². The third kappa shape index (κ3) is 5.46.